The second kappa shape index (κ2) is 7.94. The normalized spacial score (nSPS) is 14.8. The number of fused-ring (bicyclic) bond motifs is 12. The van der Waals surface area contributed by atoms with E-state index >= 15 is 0 Å². The zero-order valence-corrected chi connectivity index (χ0v) is 22.7. The first-order valence-electron chi connectivity index (χ1n) is 12.5. The number of thiol groups is 1. The first kappa shape index (κ1) is 21.9. The number of hydrogen-bond donors (Lipinski definition) is 1. The molecule has 37 heavy (non-hydrogen) atoms. The largest absolute Gasteiger partial charge is 0.143 e. The molecule has 2 heterocycles. The Bertz CT molecular complexity index is 1780. The van der Waals surface area contributed by atoms with Crippen LogP contribution < -0.4 is 0 Å². The van der Waals surface area contributed by atoms with Crippen LogP contribution in [-0.4, -0.2) is 0 Å². The molecule has 0 radical (unpaired) electrons. The number of hydrogen-bond acceptors (Lipinski definition) is 3. The van der Waals surface area contributed by atoms with Gasteiger partial charge in [0, 0.05) is 24.5 Å². The van der Waals surface area contributed by atoms with E-state index in [9.17, 15) is 0 Å². The minimum absolute atomic E-state index is 0.388. The van der Waals surface area contributed by atoms with Crippen molar-refractivity contribution in [2.24, 2.45) is 0 Å². The summed E-state index contributed by atoms with van der Waals surface area (Å²) in [6.45, 7) is 2.18. The van der Waals surface area contributed by atoms with Crippen LogP contribution in [0.4, 0.5) is 0 Å². The highest BCUT2D eigenvalue weighted by Gasteiger charge is 2.49. The van der Waals surface area contributed by atoms with Gasteiger partial charge in [0.1, 0.15) is 0 Å². The van der Waals surface area contributed by atoms with Gasteiger partial charge in [-0.2, -0.15) is 0 Å². The van der Waals surface area contributed by atoms with E-state index in [1.807, 2.05) is 23.5 Å². The summed E-state index contributed by atoms with van der Waals surface area (Å²) < 4.78 is 0. The lowest BCUT2D eigenvalue weighted by molar-refractivity contribution is 0.672. The maximum Gasteiger partial charge on any atom is 0.0745 e. The SMILES string of the molecule is Cc1ccc2c3c(ccc2c1)C1(c2ccccc2Sc2ccccc21)c1ccc2cc(S)ccc2c1S3. The number of rotatable bonds is 0. The predicted molar refractivity (Wildman–Crippen MR) is 160 cm³/mol. The molecule has 0 bridgehead atoms. The Hall–Kier alpha value is -3.11. The van der Waals surface area contributed by atoms with Crippen LogP contribution in [0.25, 0.3) is 21.5 Å². The fourth-order valence-corrected chi connectivity index (χ4v) is 9.21. The van der Waals surface area contributed by atoms with Crippen molar-refractivity contribution in [3.63, 3.8) is 0 Å². The lowest BCUT2D eigenvalue weighted by Gasteiger charge is -2.46. The van der Waals surface area contributed by atoms with Gasteiger partial charge in [0.2, 0.25) is 0 Å². The van der Waals surface area contributed by atoms with Gasteiger partial charge in [-0.25, -0.2) is 0 Å². The summed E-state index contributed by atoms with van der Waals surface area (Å²) in [4.78, 5) is 6.38. The molecular formula is C34H22S3. The predicted octanol–water partition coefficient (Wildman–Crippen LogP) is 9.90. The van der Waals surface area contributed by atoms with E-state index < -0.39 is 0 Å². The van der Waals surface area contributed by atoms with Crippen LogP contribution in [-0.2, 0) is 5.41 Å². The smallest absolute Gasteiger partial charge is 0.0745 e. The summed E-state index contributed by atoms with van der Waals surface area (Å²) in [5.41, 5.74) is 6.40. The average molecular weight is 527 g/mol. The molecule has 0 N–H and O–H groups in total. The van der Waals surface area contributed by atoms with E-state index in [0.717, 1.165) is 4.90 Å². The van der Waals surface area contributed by atoms with Gasteiger partial charge in [-0.15, -0.1) is 12.6 Å². The highest BCUT2D eigenvalue weighted by molar-refractivity contribution is 8.00. The highest BCUT2D eigenvalue weighted by Crippen LogP contribution is 2.63. The minimum Gasteiger partial charge on any atom is -0.143 e. The first-order valence-corrected chi connectivity index (χ1v) is 14.6. The van der Waals surface area contributed by atoms with E-state index in [2.05, 4.69) is 129 Å². The molecule has 0 nitrogen and oxygen atoms in total. The Morgan fingerprint density at radius 3 is 1.76 bits per heavy atom. The Morgan fingerprint density at radius 1 is 0.541 bits per heavy atom. The van der Waals surface area contributed by atoms with E-state index in [1.54, 1.807) is 0 Å². The van der Waals surface area contributed by atoms with Crippen LogP contribution in [0.3, 0.4) is 0 Å². The second-order valence-electron chi connectivity index (χ2n) is 9.96. The summed E-state index contributed by atoms with van der Waals surface area (Å²) in [6, 6.07) is 40.9. The summed E-state index contributed by atoms with van der Waals surface area (Å²) in [7, 11) is 0. The van der Waals surface area contributed by atoms with Gasteiger partial charge in [-0.3, -0.25) is 0 Å². The molecule has 0 unspecified atom stereocenters. The highest BCUT2D eigenvalue weighted by atomic mass is 32.2. The van der Waals surface area contributed by atoms with Gasteiger partial charge in [0.25, 0.3) is 0 Å². The van der Waals surface area contributed by atoms with Gasteiger partial charge in [-0.05, 0) is 75.0 Å². The lowest BCUT2D eigenvalue weighted by atomic mass is 9.64. The summed E-state index contributed by atoms with van der Waals surface area (Å²) in [6.07, 6.45) is 0. The van der Waals surface area contributed by atoms with Gasteiger partial charge >= 0.3 is 0 Å². The van der Waals surface area contributed by atoms with Crippen molar-refractivity contribution >= 4 is 57.7 Å². The van der Waals surface area contributed by atoms with E-state index in [0.29, 0.717) is 0 Å². The van der Waals surface area contributed by atoms with Crippen LogP contribution in [0.2, 0.25) is 0 Å². The number of benzene rings is 6. The monoisotopic (exact) mass is 526 g/mol. The summed E-state index contributed by atoms with van der Waals surface area (Å²) in [5, 5.41) is 5.16. The molecule has 0 fully saturated rings. The third kappa shape index (κ3) is 2.96. The molecule has 176 valence electrons. The van der Waals surface area contributed by atoms with Crippen molar-refractivity contribution in [1.82, 2.24) is 0 Å². The zero-order chi connectivity index (χ0) is 24.7. The summed E-state index contributed by atoms with van der Waals surface area (Å²) in [5.74, 6) is 0. The Balaban J connectivity index is 1.61. The molecule has 6 aromatic carbocycles. The van der Waals surface area contributed by atoms with E-state index in [4.69, 9.17) is 0 Å². The first-order chi connectivity index (χ1) is 18.1. The molecular weight excluding hydrogens is 505 g/mol. The molecule has 0 saturated heterocycles. The average Bonchev–Trinajstić information content (AvgIpc) is 2.92. The number of aryl methyl sites for hydroxylation is 1. The molecule has 0 amide bonds. The summed E-state index contributed by atoms with van der Waals surface area (Å²) >= 11 is 8.48. The molecule has 2 aliphatic heterocycles. The van der Waals surface area contributed by atoms with Crippen LogP contribution in [0.15, 0.2) is 134 Å². The quantitative estimate of drug-likeness (QED) is 0.195. The molecule has 1 spiro atoms. The van der Waals surface area contributed by atoms with E-state index in [1.165, 1.54) is 68.9 Å². The Kier molecular flexibility index (Phi) is 4.71. The standard InChI is InChI=1S/C34H22S3/c1-20-10-14-24-21(18-20)11-16-28-32(24)37-33-25-15-13-23(35)19-22(25)12-17-29(33)34(28)26-6-2-4-8-30(26)36-31-9-5-3-7-27(31)34/h2-19,35H,1H3. The molecule has 0 aliphatic carbocycles. The topological polar surface area (TPSA) is 0 Å². The van der Waals surface area contributed by atoms with Crippen molar-refractivity contribution in [2.75, 3.05) is 0 Å². The van der Waals surface area contributed by atoms with Gasteiger partial charge < -0.3 is 0 Å². The van der Waals surface area contributed by atoms with Crippen molar-refractivity contribution in [1.29, 1.82) is 0 Å². The molecule has 0 saturated carbocycles. The molecule has 6 aromatic rings. The molecule has 2 aliphatic rings. The maximum atomic E-state index is 4.65. The van der Waals surface area contributed by atoms with Crippen LogP contribution in [0, 0.1) is 6.92 Å². The Morgan fingerprint density at radius 2 is 1.11 bits per heavy atom. The van der Waals surface area contributed by atoms with Gasteiger partial charge in [0.15, 0.2) is 0 Å². The van der Waals surface area contributed by atoms with E-state index in [-0.39, 0.29) is 5.41 Å². The van der Waals surface area contributed by atoms with Crippen molar-refractivity contribution in [3.8, 4) is 0 Å². The zero-order valence-electron chi connectivity index (χ0n) is 20.2. The van der Waals surface area contributed by atoms with Gasteiger partial charge in [0.05, 0.1) is 5.41 Å². The molecule has 8 rings (SSSR count). The van der Waals surface area contributed by atoms with Crippen molar-refractivity contribution in [2.45, 2.75) is 36.8 Å². The maximum absolute atomic E-state index is 4.65. The van der Waals surface area contributed by atoms with Gasteiger partial charge in [-0.1, -0.05) is 114 Å². The lowest BCUT2D eigenvalue weighted by Crippen LogP contribution is -2.36. The molecule has 0 atom stereocenters. The van der Waals surface area contributed by atoms with Crippen molar-refractivity contribution in [3.05, 3.63) is 137 Å². The molecule has 3 heteroatoms. The molecule has 0 aromatic heterocycles. The second-order valence-corrected chi connectivity index (χ2v) is 12.6. The van der Waals surface area contributed by atoms with Crippen LogP contribution in [0.1, 0.15) is 27.8 Å². The fourth-order valence-electron chi connectivity index (χ4n) is 6.34. The fraction of sp³-hybridized carbons (Fsp3) is 0.0588. The third-order valence-electron chi connectivity index (χ3n) is 7.89. The minimum atomic E-state index is -0.388. The van der Waals surface area contributed by atoms with Crippen molar-refractivity contribution < 1.29 is 0 Å². The van der Waals surface area contributed by atoms with Crippen LogP contribution >= 0.6 is 36.2 Å². The Labute approximate surface area is 230 Å². The third-order valence-corrected chi connectivity index (χ3v) is 10.6. The van der Waals surface area contributed by atoms with Crippen LogP contribution in [0.5, 0.6) is 0 Å².